The number of methoxy groups -OCH3 is 1. The van der Waals surface area contributed by atoms with E-state index in [0.29, 0.717) is 17.3 Å². The molecule has 27 heavy (non-hydrogen) atoms. The van der Waals surface area contributed by atoms with Gasteiger partial charge in [0, 0.05) is 19.3 Å². The van der Waals surface area contributed by atoms with Crippen LogP contribution in [0.1, 0.15) is 34.9 Å². The van der Waals surface area contributed by atoms with Gasteiger partial charge in [-0.05, 0) is 31.2 Å². The third-order valence-corrected chi connectivity index (χ3v) is 4.23. The number of carbonyl (C=O) groups is 1. The predicted molar refractivity (Wildman–Crippen MR) is 98.6 cm³/mol. The average molecular weight is 367 g/mol. The second-order valence-corrected chi connectivity index (χ2v) is 5.96. The number of carbonyl (C=O) groups excluding carboxylic acids is 1. The summed E-state index contributed by atoms with van der Waals surface area (Å²) in [4.78, 5) is 18.5. The monoisotopic (exact) mass is 367 g/mol. The highest BCUT2D eigenvalue weighted by Gasteiger charge is 2.23. The first-order chi connectivity index (χ1) is 13.1. The number of rotatable bonds is 7. The molecule has 3 rings (SSSR count). The predicted octanol–water partition coefficient (Wildman–Crippen LogP) is 3.49. The van der Waals surface area contributed by atoms with Crippen molar-refractivity contribution in [3.63, 3.8) is 0 Å². The molecule has 0 radical (unpaired) electrons. The van der Waals surface area contributed by atoms with Crippen LogP contribution in [0.4, 0.5) is 0 Å². The first kappa shape index (κ1) is 18.4. The van der Waals surface area contributed by atoms with Gasteiger partial charge in [-0.15, -0.1) is 0 Å². The van der Waals surface area contributed by atoms with E-state index in [1.807, 2.05) is 37.3 Å². The van der Waals surface area contributed by atoms with Crippen molar-refractivity contribution >= 4 is 5.91 Å². The Bertz CT molecular complexity index is 895. The summed E-state index contributed by atoms with van der Waals surface area (Å²) >= 11 is 0. The van der Waals surface area contributed by atoms with Gasteiger partial charge in [0.2, 0.25) is 0 Å². The van der Waals surface area contributed by atoms with Crippen molar-refractivity contribution in [1.82, 2.24) is 15.0 Å². The number of ether oxygens (including phenoxy) is 2. The van der Waals surface area contributed by atoms with Crippen molar-refractivity contribution < 1.29 is 18.8 Å². The lowest BCUT2D eigenvalue weighted by atomic mass is 10.2. The van der Waals surface area contributed by atoms with Gasteiger partial charge in [0.25, 0.3) is 5.91 Å². The van der Waals surface area contributed by atoms with Crippen LogP contribution in [0.5, 0.6) is 11.5 Å². The molecule has 0 fully saturated rings. The Morgan fingerprint density at radius 2 is 1.93 bits per heavy atom. The summed E-state index contributed by atoms with van der Waals surface area (Å²) < 4.78 is 16.2. The molecule has 3 aromatic rings. The van der Waals surface area contributed by atoms with Crippen LogP contribution < -0.4 is 9.47 Å². The molecule has 0 aliphatic heterocycles. The molecule has 0 aliphatic carbocycles. The van der Waals surface area contributed by atoms with Gasteiger partial charge in [-0.3, -0.25) is 9.78 Å². The molecule has 0 bridgehead atoms. The van der Waals surface area contributed by atoms with Crippen LogP contribution in [0.2, 0.25) is 0 Å². The second-order valence-electron chi connectivity index (χ2n) is 5.96. The smallest absolute Gasteiger partial charge is 0.276 e. The van der Waals surface area contributed by atoms with E-state index in [2.05, 4.69) is 10.1 Å². The fourth-order valence-corrected chi connectivity index (χ4v) is 2.55. The van der Waals surface area contributed by atoms with E-state index in [0.717, 1.165) is 5.69 Å². The Morgan fingerprint density at radius 1 is 1.19 bits per heavy atom. The van der Waals surface area contributed by atoms with Crippen molar-refractivity contribution in [3.8, 4) is 11.5 Å². The van der Waals surface area contributed by atoms with Gasteiger partial charge in [-0.25, -0.2) is 0 Å². The summed E-state index contributed by atoms with van der Waals surface area (Å²) in [5.41, 5.74) is 1.02. The number of aromatic nitrogens is 2. The first-order valence-corrected chi connectivity index (χ1v) is 8.49. The molecule has 1 atom stereocenters. The van der Waals surface area contributed by atoms with Crippen LogP contribution >= 0.6 is 0 Å². The van der Waals surface area contributed by atoms with E-state index in [9.17, 15) is 4.79 Å². The lowest BCUT2D eigenvalue weighted by Crippen LogP contribution is -2.30. The lowest BCUT2D eigenvalue weighted by Gasteiger charge is -2.23. The molecule has 1 unspecified atom stereocenters. The number of para-hydroxylation sites is 2. The van der Waals surface area contributed by atoms with Gasteiger partial charge in [0.15, 0.2) is 23.0 Å². The molecule has 1 amide bonds. The molecule has 0 aliphatic rings. The molecule has 140 valence electrons. The van der Waals surface area contributed by atoms with E-state index in [1.165, 1.54) is 0 Å². The third kappa shape index (κ3) is 4.25. The molecule has 1 aromatic carbocycles. The van der Waals surface area contributed by atoms with Gasteiger partial charge >= 0.3 is 0 Å². The molecular formula is C20H21N3O4. The van der Waals surface area contributed by atoms with E-state index in [4.69, 9.17) is 14.0 Å². The zero-order valence-electron chi connectivity index (χ0n) is 15.5. The minimum atomic E-state index is -0.250. The number of pyridine rings is 1. The Balaban J connectivity index is 1.65. The Hall–Kier alpha value is -3.35. The maximum atomic E-state index is 12.7. The zero-order chi connectivity index (χ0) is 19.2. The summed E-state index contributed by atoms with van der Waals surface area (Å²) in [6.07, 6.45) is 1.70. The van der Waals surface area contributed by atoms with E-state index in [1.54, 1.807) is 43.5 Å². The molecule has 2 aromatic heterocycles. The average Bonchev–Trinajstić information content (AvgIpc) is 3.20. The minimum absolute atomic E-state index is 0.139. The molecule has 7 nitrogen and oxygen atoms in total. The quantitative estimate of drug-likeness (QED) is 0.636. The SMILES string of the molecule is COc1ccccc1OCc1cc(C(=O)N(C)C(C)c2ccccn2)no1. The maximum absolute atomic E-state index is 12.7. The topological polar surface area (TPSA) is 77.7 Å². The molecule has 0 saturated heterocycles. The minimum Gasteiger partial charge on any atom is -0.493 e. The highest BCUT2D eigenvalue weighted by Crippen LogP contribution is 2.27. The molecule has 7 heteroatoms. The molecular weight excluding hydrogens is 346 g/mol. The summed E-state index contributed by atoms with van der Waals surface area (Å²) in [5, 5.41) is 3.87. The maximum Gasteiger partial charge on any atom is 0.276 e. The van der Waals surface area contributed by atoms with Crippen LogP contribution in [0.25, 0.3) is 0 Å². The van der Waals surface area contributed by atoms with Crippen LogP contribution in [-0.2, 0) is 6.61 Å². The molecule has 0 saturated carbocycles. The fraction of sp³-hybridized carbons (Fsp3) is 0.250. The normalized spacial score (nSPS) is 11.7. The van der Waals surface area contributed by atoms with Gasteiger partial charge < -0.3 is 18.9 Å². The van der Waals surface area contributed by atoms with Crippen molar-refractivity contribution in [2.24, 2.45) is 0 Å². The summed E-state index contributed by atoms with van der Waals surface area (Å²) in [6.45, 7) is 2.05. The van der Waals surface area contributed by atoms with Gasteiger partial charge in [-0.2, -0.15) is 0 Å². The number of hydrogen-bond donors (Lipinski definition) is 0. The van der Waals surface area contributed by atoms with Crippen molar-refractivity contribution in [1.29, 1.82) is 0 Å². The van der Waals surface area contributed by atoms with Crippen LogP contribution in [0.15, 0.2) is 59.3 Å². The Labute approximate surface area is 157 Å². The second kappa shape index (κ2) is 8.35. The van der Waals surface area contributed by atoms with Crippen molar-refractivity contribution in [2.75, 3.05) is 14.2 Å². The largest absolute Gasteiger partial charge is 0.493 e. The van der Waals surface area contributed by atoms with Gasteiger partial charge in [0.1, 0.15) is 6.61 Å². The Morgan fingerprint density at radius 3 is 2.63 bits per heavy atom. The van der Waals surface area contributed by atoms with Crippen LogP contribution in [0, 0.1) is 0 Å². The summed E-state index contributed by atoms with van der Waals surface area (Å²) in [6, 6.07) is 14.3. The van der Waals surface area contributed by atoms with Crippen molar-refractivity contribution in [3.05, 3.63) is 71.9 Å². The van der Waals surface area contributed by atoms with E-state index >= 15 is 0 Å². The van der Waals surface area contributed by atoms with Crippen molar-refractivity contribution in [2.45, 2.75) is 19.6 Å². The van der Waals surface area contributed by atoms with E-state index in [-0.39, 0.29) is 24.2 Å². The molecule has 2 heterocycles. The fourth-order valence-electron chi connectivity index (χ4n) is 2.55. The third-order valence-electron chi connectivity index (χ3n) is 4.23. The number of nitrogens with zero attached hydrogens (tertiary/aromatic N) is 3. The lowest BCUT2D eigenvalue weighted by molar-refractivity contribution is 0.0729. The van der Waals surface area contributed by atoms with Gasteiger partial charge in [-0.1, -0.05) is 23.4 Å². The first-order valence-electron chi connectivity index (χ1n) is 8.49. The Kier molecular flexibility index (Phi) is 5.71. The zero-order valence-corrected chi connectivity index (χ0v) is 15.5. The molecule has 0 spiro atoms. The highest BCUT2D eigenvalue weighted by atomic mass is 16.5. The van der Waals surface area contributed by atoms with Crippen LogP contribution in [0.3, 0.4) is 0 Å². The number of amides is 1. The summed E-state index contributed by atoms with van der Waals surface area (Å²) in [7, 11) is 3.29. The summed E-state index contributed by atoms with van der Waals surface area (Å²) in [5.74, 6) is 1.41. The van der Waals surface area contributed by atoms with E-state index < -0.39 is 0 Å². The number of benzene rings is 1. The highest BCUT2D eigenvalue weighted by molar-refractivity contribution is 5.92. The standard InChI is InChI=1S/C20H21N3O4/c1-14(16-8-6-7-11-21-16)23(2)20(24)17-12-15(27-22-17)13-26-19-10-5-4-9-18(19)25-3/h4-12,14H,13H2,1-3H3. The molecule has 0 N–H and O–H groups in total. The van der Waals surface area contributed by atoms with Crippen LogP contribution in [-0.4, -0.2) is 35.1 Å². The van der Waals surface area contributed by atoms with Gasteiger partial charge in [0.05, 0.1) is 18.8 Å². The number of hydrogen-bond acceptors (Lipinski definition) is 6.